The van der Waals surface area contributed by atoms with Crippen LogP contribution in [0.3, 0.4) is 0 Å². The second-order valence-corrected chi connectivity index (χ2v) is 5.83. The lowest BCUT2D eigenvalue weighted by Crippen LogP contribution is -2.23. The molecule has 3 rings (SSSR count). The van der Waals surface area contributed by atoms with Gasteiger partial charge in [0.25, 0.3) is 5.91 Å². The number of carbonyl (C=O) groups excluding carboxylic acids is 2. The minimum Gasteiger partial charge on any atom is -0.465 e. The largest absolute Gasteiger partial charge is 0.465 e. The zero-order chi connectivity index (χ0) is 17.6. The van der Waals surface area contributed by atoms with Crippen LogP contribution in [0, 0.1) is 0 Å². The van der Waals surface area contributed by atoms with Crippen molar-refractivity contribution >= 4 is 11.9 Å². The summed E-state index contributed by atoms with van der Waals surface area (Å²) in [5.41, 5.74) is 1.60. The Bertz CT molecular complexity index is 735. The fraction of sp³-hybridized carbons (Fsp3) is 0.412. The molecule has 2 aromatic rings. The molecule has 0 bridgehead atoms. The normalized spacial score (nSPS) is 16.6. The lowest BCUT2D eigenvalue weighted by molar-refractivity contribution is 0.0600. The Labute approximate surface area is 145 Å². The van der Waals surface area contributed by atoms with Gasteiger partial charge in [-0.15, -0.1) is 5.10 Å². The van der Waals surface area contributed by atoms with E-state index in [2.05, 4.69) is 20.4 Å². The van der Waals surface area contributed by atoms with Gasteiger partial charge >= 0.3 is 5.97 Å². The van der Waals surface area contributed by atoms with Gasteiger partial charge in [0.1, 0.15) is 0 Å². The number of benzene rings is 1. The smallest absolute Gasteiger partial charge is 0.337 e. The lowest BCUT2D eigenvalue weighted by Gasteiger charge is -2.07. The minimum absolute atomic E-state index is 0.144. The molecule has 1 aliphatic heterocycles. The van der Waals surface area contributed by atoms with Crippen LogP contribution in [0.2, 0.25) is 0 Å². The van der Waals surface area contributed by atoms with E-state index in [0.717, 1.165) is 25.0 Å². The summed E-state index contributed by atoms with van der Waals surface area (Å²) < 4.78 is 11.8. The van der Waals surface area contributed by atoms with Crippen molar-refractivity contribution in [1.29, 1.82) is 0 Å². The summed E-state index contributed by atoms with van der Waals surface area (Å²) >= 11 is 0. The van der Waals surface area contributed by atoms with E-state index in [1.165, 1.54) is 7.11 Å². The van der Waals surface area contributed by atoms with Crippen molar-refractivity contribution < 1.29 is 19.1 Å². The van der Waals surface area contributed by atoms with Gasteiger partial charge < -0.3 is 14.8 Å². The first-order valence-electron chi connectivity index (χ1n) is 8.13. The van der Waals surface area contributed by atoms with E-state index in [1.807, 2.05) is 0 Å². The molecule has 1 aromatic heterocycles. The van der Waals surface area contributed by atoms with Crippen LogP contribution in [-0.2, 0) is 22.6 Å². The fourth-order valence-corrected chi connectivity index (χ4v) is 2.64. The maximum atomic E-state index is 12.2. The molecular formula is C17H20N4O4. The summed E-state index contributed by atoms with van der Waals surface area (Å²) in [6, 6.07) is 6.85. The Morgan fingerprint density at radius 2 is 2.16 bits per heavy atom. The Kier molecular flexibility index (Phi) is 5.39. The summed E-state index contributed by atoms with van der Waals surface area (Å²) in [6.45, 7) is 1.72. The molecule has 0 aliphatic carbocycles. The van der Waals surface area contributed by atoms with Crippen molar-refractivity contribution in [2.24, 2.45) is 0 Å². The Morgan fingerprint density at radius 3 is 2.84 bits per heavy atom. The van der Waals surface area contributed by atoms with E-state index in [4.69, 9.17) is 4.74 Å². The minimum atomic E-state index is -0.390. The average molecular weight is 344 g/mol. The van der Waals surface area contributed by atoms with E-state index in [1.54, 1.807) is 35.1 Å². The second kappa shape index (κ2) is 7.89. The van der Waals surface area contributed by atoms with E-state index in [0.29, 0.717) is 18.7 Å². The SMILES string of the molecule is COC(=O)c1ccc(CNC(=O)c2cn(C[C@@H]3CCCO3)nn2)cc1. The molecule has 1 aliphatic rings. The predicted octanol–water partition coefficient (Wildman–Crippen LogP) is 1.17. The monoisotopic (exact) mass is 344 g/mol. The zero-order valence-electron chi connectivity index (χ0n) is 14.0. The number of hydrogen-bond donors (Lipinski definition) is 1. The number of rotatable bonds is 6. The Balaban J connectivity index is 1.52. The van der Waals surface area contributed by atoms with Crippen LogP contribution < -0.4 is 5.32 Å². The second-order valence-electron chi connectivity index (χ2n) is 5.83. The molecule has 8 heteroatoms. The van der Waals surface area contributed by atoms with Crippen LogP contribution >= 0.6 is 0 Å². The van der Waals surface area contributed by atoms with Gasteiger partial charge in [-0.05, 0) is 30.5 Å². The molecule has 1 aromatic carbocycles. The van der Waals surface area contributed by atoms with E-state index in [9.17, 15) is 9.59 Å². The predicted molar refractivity (Wildman–Crippen MR) is 87.9 cm³/mol. The third kappa shape index (κ3) is 4.42. The number of hydrogen-bond acceptors (Lipinski definition) is 6. The zero-order valence-corrected chi connectivity index (χ0v) is 14.0. The van der Waals surface area contributed by atoms with Crippen molar-refractivity contribution in [3.8, 4) is 0 Å². The molecule has 132 valence electrons. The number of amides is 1. The summed E-state index contributed by atoms with van der Waals surface area (Å²) in [5.74, 6) is -0.686. The van der Waals surface area contributed by atoms with Crippen LogP contribution in [0.4, 0.5) is 0 Å². The van der Waals surface area contributed by atoms with Gasteiger partial charge in [-0.25, -0.2) is 9.48 Å². The van der Waals surface area contributed by atoms with Crippen molar-refractivity contribution in [2.75, 3.05) is 13.7 Å². The first kappa shape index (κ1) is 17.1. The quantitative estimate of drug-likeness (QED) is 0.791. The summed E-state index contributed by atoms with van der Waals surface area (Å²) in [6.07, 6.45) is 3.83. The third-order valence-corrected chi connectivity index (χ3v) is 4.01. The highest BCUT2D eigenvalue weighted by atomic mass is 16.5. The molecule has 0 saturated carbocycles. The molecule has 25 heavy (non-hydrogen) atoms. The van der Waals surface area contributed by atoms with Crippen LogP contribution in [-0.4, -0.2) is 46.7 Å². The molecule has 1 amide bonds. The van der Waals surface area contributed by atoms with E-state index in [-0.39, 0.29) is 17.7 Å². The molecular weight excluding hydrogens is 324 g/mol. The molecule has 1 saturated heterocycles. The number of carbonyl (C=O) groups is 2. The fourth-order valence-electron chi connectivity index (χ4n) is 2.64. The van der Waals surface area contributed by atoms with Crippen LogP contribution in [0.25, 0.3) is 0 Å². The molecule has 1 N–H and O–H groups in total. The topological polar surface area (TPSA) is 95.3 Å². The first-order valence-corrected chi connectivity index (χ1v) is 8.13. The van der Waals surface area contributed by atoms with Crippen LogP contribution in [0.5, 0.6) is 0 Å². The number of ether oxygens (including phenoxy) is 2. The van der Waals surface area contributed by atoms with Gasteiger partial charge in [0.05, 0.1) is 31.5 Å². The van der Waals surface area contributed by atoms with Gasteiger partial charge in [0.15, 0.2) is 5.69 Å². The van der Waals surface area contributed by atoms with Crippen molar-refractivity contribution in [3.63, 3.8) is 0 Å². The number of esters is 1. The van der Waals surface area contributed by atoms with Crippen molar-refractivity contribution in [1.82, 2.24) is 20.3 Å². The molecule has 1 fully saturated rings. The van der Waals surface area contributed by atoms with Gasteiger partial charge in [-0.2, -0.15) is 0 Å². The Morgan fingerprint density at radius 1 is 1.36 bits per heavy atom. The van der Waals surface area contributed by atoms with E-state index >= 15 is 0 Å². The molecule has 0 spiro atoms. The molecule has 0 radical (unpaired) electrons. The maximum absolute atomic E-state index is 12.2. The highest BCUT2D eigenvalue weighted by Gasteiger charge is 2.18. The van der Waals surface area contributed by atoms with Gasteiger partial charge in [0, 0.05) is 13.2 Å². The number of nitrogens with one attached hydrogen (secondary N) is 1. The standard InChI is InChI=1S/C17H20N4O4/c1-24-17(23)13-6-4-12(5-7-13)9-18-16(22)15-11-21(20-19-15)10-14-3-2-8-25-14/h4-7,11,14H,2-3,8-10H2,1H3,(H,18,22)/t14-/m0/s1. The van der Waals surface area contributed by atoms with Gasteiger partial charge in [-0.1, -0.05) is 17.3 Å². The summed E-state index contributed by atoms with van der Waals surface area (Å²) in [4.78, 5) is 23.5. The number of methoxy groups -OCH3 is 1. The summed E-state index contributed by atoms with van der Waals surface area (Å²) in [5, 5.41) is 10.7. The molecule has 8 nitrogen and oxygen atoms in total. The highest BCUT2D eigenvalue weighted by Crippen LogP contribution is 2.13. The van der Waals surface area contributed by atoms with Crippen molar-refractivity contribution in [3.05, 3.63) is 47.3 Å². The average Bonchev–Trinajstić information content (AvgIpc) is 3.32. The molecule has 2 heterocycles. The first-order chi connectivity index (χ1) is 12.2. The van der Waals surface area contributed by atoms with Gasteiger partial charge in [-0.3, -0.25) is 4.79 Å². The van der Waals surface area contributed by atoms with E-state index < -0.39 is 5.97 Å². The highest BCUT2D eigenvalue weighted by molar-refractivity contribution is 5.92. The van der Waals surface area contributed by atoms with Crippen LogP contribution in [0.1, 0.15) is 39.3 Å². The van der Waals surface area contributed by atoms with Crippen LogP contribution in [0.15, 0.2) is 30.5 Å². The maximum Gasteiger partial charge on any atom is 0.337 e. The number of nitrogens with zero attached hydrogens (tertiary/aromatic N) is 3. The molecule has 1 atom stereocenters. The lowest BCUT2D eigenvalue weighted by atomic mass is 10.1. The number of aromatic nitrogens is 3. The molecule has 0 unspecified atom stereocenters. The Hall–Kier alpha value is -2.74. The van der Waals surface area contributed by atoms with Crippen molar-refractivity contribution in [2.45, 2.75) is 32.0 Å². The summed E-state index contributed by atoms with van der Waals surface area (Å²) in [7, 11) is 1.34. The van der Waals surface area contributed by atoms with Gasteiger partial charge in [0.2, 0.25) is 0 Å². The third-order valence-electron chi connectivity index (χ3n) is 4.01.